The first kappa shape index (κ1) is 18.6. The summed E-state index contributed by atoms with van der Waals surface area (Å²) in [5, 5.41) is 0. The van der Waals surface area contributed by atoms with E-state index in [1.54, 1.807) is 19.0 Å². The molecule has 1 aliphatic carbocycles. The number of benzene rings is 1. The summed E-state index contributed by atoms with van der Waals surface area (Å²) in [6.45, 7) is 2.14. The van der Waals surface area contributed by atoms with Crippen LogP contribution >= 0.6 is 0 Å². The van der Waals surface area contributed by atoms with Crippen LogP contribution in [0.3, 0.4) is 0 Å². The minimum Gasteiger partial charge on any atom is -0.402 e. The van der Waals surface area contributed by atoms with Gasteiger partial charge in [0.1, 0.15) is 0 Å². The SMILES string of the molecule is CN(C)C(=O)c1ccc(N=CC2=C(N)CCN(C3CCCC3)CC2)cc1. The summed E-state index contributed by atoms with van der Waals surface area (Å²) in [7, 11) is 3.51. The van der Waals surface area contributed by atoms with Gasteiger partial charge in [-0.05, 0) is 55.5 Å². The number of nitrogens with two attached hydrogens (primary N) is 1. The summed E-state index contributed by atoms with van der Waals surface area (Å²) >= 11 is 0. The van der Waals surface area contributed by atoms with Crippen molar-refractivity contribution in [2.24, 2.45) is 10.7 Å². The minimum absolute atomic E-state index is 0.00301. The predicted octanol–water partition coefficient (Wildman–Crippen LogP) is 3.34. The van der Waals surface area contributed by atoms with Crippen molar-refractivity contribution in [1.29, 1.82) is 0 Å². The molecule has 0 bridgehead atoms. The lowest BCUT2D eigenvalue weighted by atomic mass is 10.1. The molecule has 0 atom stereocenters. The van der Waals surface area contributed by atoms with Crippen LogP contribution in [0.2, 0.25) is 0 Å². The molecule has 140 valence electrons. The van der Waals surface area contributed by atoms with Gasteiger partial charge in [-0.15, -0.1) is 0 Å². The summed E-state index contributed by atoms with van der Waals surface area (Å²) in [5.74, 6) is 0.00301. The lowest BCUT2D eigenvalue weighted by molar-refractivity contribution is 0.0827. The summed E-state index contributed by atoms with van der Waals surface area (Å²) in [6.07, 6.45) is 9.20. The third-order valence-electron chi connectivity index (χ3n) is 5.48. The number of amides is 1. The Balaban J connectivity index is 1.62. The van der Waals surface area contributed by atoms with Gasteiger partial charge in [0.25, 0.3) is 5.91 Å². The summed E-state index contributed by atoms with van der Waals surface area (Å²) in [6, 6.07) is 8.15. The fraction of sp³-hybridized carbons (Fsp3) is 0.524. The topological polar surface area (TPSA) is 61.9 Å². The van der Waals surface area contributed by atoms with Crippen LogP contribution in [0, 0.1) is 0 Å². The average molecular weight is 354 g/mol. The summed E-state index contributed by atoms with van der Waals surface area (Å²) in [4.78, 5) is 20.7. The van der Waals surface area contributed by atoms with Crippen molar-refractivity contribution in [3.8, 4) is 0 Å². The second-order valence-corrected chi connectivity index (χ2v) is 7.53. The van der Waals surface area contributed by atoms with E-state index in [0.29, 0.717) is 5.56 Å². The van der Waals surface area contributed by atoms with Crippen LogP contribution in [-0.4, -0.2) is 55.1 Å². The Kier molecular flexibility index (Phi) is 6.09. The Labute approximate surface area is 156 Å². The van der Waals surface area contributed by atoms with Crippen molar-refractivity contribution < 1.29 is 4.79 Å². The molecule has 0 aromatic heterocycles. The fourth-order valence-electron chi connectivity index (χ4n) is 3.84. The molecule has 1 saturated carbocycles. The Morgan fingerprint density at radius 2 is 1.81 bits per heavy atom. The largest absolute Gasteiger partial charge is 0.402 e. The van der Waals surface area contributed by atoms with Crippen molar-refractivity contribution in [1.82, 2.24) is 9.80 Å². The molecule has 1 heterocycles. The molecule has 5 nitrogen and oxygen atoms in total. The van der Waals surface area contributed by atoms with Gasteiger partial charge >= 0.3 is 0 Å². The van der Waals surface area contributed by atoms with Gasteiger partial charge in [0, 0.05) is 50.7 Å². The van der Waals surface area contributed by atoms with Gasteiger partial charge in [0.2, 0.25) is 0 Å². The van der Waals surface area contributed by atoms with E-state index in [4.69, 9.17) is 5.73 Å². The number of carbonyl (C=O) groups is 1. The van der Waals surface area contributed by atoms with E-state index in [2.05, 4.69) is 9.89 Å². The number of aliphatic imine (C=N–C) groups is 1. The van der Waals surface area contributed by atoms with Crippen molar-refractivity contribution >= 4 is 17.8 Å². The lowest BCUT2D eigenvalue weighted by Gasteiger charge is -2.27. The smallest absolute Gasteiger partial charge is 0.253 e. The molecule has 2 N–H and O–H groups in total. The Morgan fingerprint density at radius 3 is 2.46 bits per heavy atom. The average Bonchev–Trinajstić information content (AvgIpc) is 3.11. The van der Waals surface area contributed by atoms with Crippen LogP contribution in [-0.2, 0) is 0 Å². The highest BCUT2D eigenvalue weighted by Crippen LogP contribution is 2.26. The van der Waals surface area contributed by atoms with Crippen molar-refractivity contribution in [2.75, 3.05) is 27.2 Å². The van der Waals surface area contributed by atoms with Crippen LogP contribution in [0.4, 0.5) is 5.69 Å². The molecule has 1 amide bonds. The number of nitrogens with zero attached hydrogens (tertiary/aromatic N) is 3. The Hall–Kier alpha value is -2.14. The summed E-state index contributed by atoms with van der Waals surface area (Å²) < 4.78 is 0. The van der Waals surface area contributed by atoms with Crippen LogP contribution in [0.15, 0.2) is 40.5 Å². The number of hydrogen-bond acceptors (Lipinski definition) is 4. The number of hydrogen-bond donors (Lipinski definition) is 1. The van der Waals surface area contributed by atoms with Gasteiger partial charge in [-0.3, -0.25) is 14.7 Å². The number of carbonyl (C=O) groups excluding carboxylic acids is 1. The van der Waals surface area contributed by atoms with E-state index in [-0.39, 0.29) is 5.91 Å². The first-order valence-corrected chi connectivity index (χ1v) is 9.62. The molecule has 1 aliphatic heterocycles. The summed E-state index contributed by atoms with van der Waals surface area (Å²) in [5.41, 5.74) is 9.95. The highest BCUT2D eigenvalue weighted by atomic mass is 16.2. The standard InChI is InChI=1S/C21H30N4O/c1-24(2)21(26)16-7-9-18(10-8-16)23-15-17-11-13-25(14-12-20(17)22)19-5-3-4-6-19/h7-10,15,19H,3-6,11-14,22H2,1-2H3. The highest BCUT2D eigenvalue weighted by Gasteiger charge is 2.24. The van der Waals surface area contributed by atoms with Gasteiger partial charge in [0.05, 0.1) is 5.69 Å². The van der Waals surface area contributed by atoms with Crippen LogP contribution in [0.25, 0.3) is 0 Å². The van der Waals surface area contributed by atoms with E-state index in [1.807, 2.05) is 30.5 Å². The molecule has 0 radical (unpaired) electrons. The Morgan fingerprint density at radius 1 is 1.15 bits per heavy atom. The first-order valence-electron chi connectivity index (χ1n) is 9.62. The van der Waals surface area contributed by atoms with Crippen LogP contribution < -0.4 is 5.73 Å². The monoisotopic (exact) mass is 354 g/mol. The van der Waals surface area contributed by atoms with E-state index < -0.39 is 0 Å². The van der Waals surface area contributed by atoms with Gasteiger partial charge < -0.3 is 10.6 Å². The normalized spacial score (nSPS) is 19.9. The maximum Gasteiger partial charge on any atom is 0.253 e. The zero-order valence-corrected chi connectivity index (χ0v) is 15.9. The van der Waals surface area contributed by atoms with E-state index in [9.17, 15) is 4.79 Å². The highest BCUT2D eigenvalue weighted by molar-refractivity contribution is 5.94. The minimum atomic E-state index is 0.00301. The second-order valence-electron chi connectivity index (χ2n) is 7.53. The quantitative estimate of drug-likeness (QED) is 0.844. The molecular formula is C21H30N4O. The lowest BCUT2D eigenvalue weighted by Crippen LogP contribution is -2.34. The second kappa shape index (κ2) is 8.49. The van der Waals surface area contributed by atoms with Gasteiger partial charge in [-0.1, -0.05) is 12.8 Å². The first-order chi connectivity index (χ1) is 12.5. The van der Waals surface area contributed by atoms with Gasteiger partial charge in [0.15, 0.2) is 0 Å². The van der Waals surface area contributed by atoms with Crippen molar-refractivity contribution in [3.05, 3.63) is 41.1 Å². The third kappa shape index (κ3) is 4.52. The molecule has 3 rings (SSSR count). The van der Waals surface area contributed by atoms with Gasteiger partial charge in [-0.2, -0.15) is 0 Å². The molecule has 0 saturated heterocycles. The molecular weight excluding hydrogens is 324 g/mol. The van der Waals surface area contributed by atoms with E-state index in [1.165, 1.54) is 25.7 Å². The van der Waals surface area contributed by atoms with Crippen molar-refractivity contribution in [3.63, 3.8) is 0 Å². The van der Waals surface area contributed by atoms with E-state index in [0.717, 1.165) is 48.9 Å². The molecule has 26 heavy (non-hydrogen) atoms. The Bertz CT molecular complexity index is 684. The van der Waals surface area contributed by atoms with E-state index >= 15 is 0 Å². The molecule has 5 heteroatoms. The number of rotatable bonds is 4. The zero-order chi connectivity index (χ0) is 18.5. The van der Waals surface area contributed by atoms with Crippen LogP contribution in [0.5, 0.6) is 0 Å². The van der Waals surface area contributed by atoms with Crippen molar-refractivity contribution in [2.45, 2.75) is 44.6 Å². The molecule has 1 fully saturated rings. The molecule has 0 unspecified atom stereocenters. The maximum atomic E-state index is 11.9. The maximum absolute atomic E-state index is 11.9. The fourth-order valence-corrected chi connectivity index (χ4v) is 3.84. The van der Waals surface area contributed by atoms with Crippen LogP contribution in [0.1, 0.15) is 48.9 Å². The predicted molar refractivity (Wildman–Crippen MR) is 107 cm³/mol. The molecule has 1 aromatic carbocycles. The molecule has 0 spiro atoms. The molecule has 1 aromatic rings. The zero-order valence-electron chi connectivity index (χ0n) is 15.9. The molecule has 2 aliphatic rings. The van der Waals surface area contributed by atoms with Gasteiger partial charge in [-0.25, -0.2) is 0 Å². The third-order valence-corrected chi connectivity index (χ3v) is 5.48.